The molecule has 0 radical (unpaired) electrons. The fourth-order valence-corrected chi connectivity index (χ4v) is 2.82. The summed E-state index contributed by atoms with van der Waals surface area (Å²) in [6.45, 7) is 7.49. The first-order valence-electron chi connectivity index (χ1n) is 8.93. The Labute approximate surface area is 148 Å². The predicted molar refractivity (Wildman–Crippen MR) is 97.7 cm³/mol. The van der Waals surface area contributed by atoms with Gasteiger partial charge in [-0.2, -0.15) is 0 Å². The zero-order valence-corrected chi connectivity index (χ0v) is 15.2. The molecule has 0 atom stereocenters. The third kappa shape index (κ3) is 4.72. The molecule has 0 spiro atoms. The zero-order chi connectivity index (χ0) is 18.0. The third-order valence-corrected chi connectivity index (χ3v) is 4.12. The number of anilines is 1. The number of aromatic nitrogens is 1. The molecule has 1 aliphatic rings. The van der Waals surface area contributed by atoms with Crippen LogP contribution >= 0.6 is 0 Å². The molecule has 25 heavy (non-hydrogen) atoms. The zero-order valence-electron chi connectivity index (χ0n) is 15.2. The van der Waals surface area contributed by atoms with Gasteiger partial charge in [0.05, 0.1) is 0 Å². The van der Waals surface area contributed by atoms with Crippen molar-refractivity contribution in [3.05, 3.63) is 24.1 Å². The van der Waals surface area contributed by atoms with E-state index in [4.69, 9.17) is 9.52 Å². The van der Waals surface area contributed by atoms with Crippen molar-refractivity contribution in [2.45, 2.75) is 46.0 Å². The van der Waals surface area contributed by atoms with Gasteiger partial charge in [0.15, 0.2) is 11.5 Å². The number of amides is 2. The van der Waals surface area contributed by atoms with Crippen LogP contribution in [0.4, 0.5) is 10.5 Å². The highest BCUT2D eigenvalue weighted by molar-refractivity contribution is 5.91. The molecule has 1 saturated carbocycles. The lowest BCUT2D eigenvalue weighted by atomic mass is 9.96. The summed E-state index contributed by atoms with van der Waals surface area (Å²) < 4.78 is 5.76. The number of benzene rings is 1. The second kappa shape index (κ2) is 7.04. The summed E-state index contributed by atoms with van der Waals surface area (Å²) in [6.07, 6.45) is 2.85. The van der Waals surface area contributed by atoms with Gasteiger partial charge in [-0.25, -0.2) is 9.78 Å². The van der Waals surface area contributed by atoms with Crippen LogP contribution in [0, 0.1) is 5.41 Å². The van der Waals surface area contributed by atoms with Crippen molar-refractivity contribution >= 4 is 22.8 Å². The number of aliphatic hydroxyl groups excluding tert-OH is 1. The minimum absolute atomic E-state index is 0.0119. The highest BCUT2D eigenvalue weighted by atomic mass is 16.3. The molecular weight excluding hydrogens is 318 g/mol. The maximum atomic E-state index is 12.6. The molecule has 1 aliphatic carbocycles. The number of oxazole rings is 1. The molecule has 0 bridgehead atoms. The minimum Gasteiger partial charge on any atom is -0.440 e. The Balaban J connectivity index is 1.71. The highest BCUT2D eigenvalue weighted by Crippen LogP contribution is 2.40. The van der Waals surface area contributed by atoms with E-state index in [9.17, 15) is 4.79 Å². The van der Waals surface area contributed by atoms with Gasteiger partial charge >= 0.3 is 6.03 Å². The smallest absolute Gasteiger partial charge is 0.321 e. The van der Waals surface area contributed by atoms with Crippen LogP contribution in [0.2, 0.25) is 0 Å². The van der Waals surface area contributed by atoms with Gasteiger partial charge in [0.2, 0.25) is 0 Å². The predicted octanol–water partition coefficient (Wildman–Crippen LogP) is 3.97. The van der Waals surface area contributed by atoms with E-state index in [0.717, 1.165) is 29.8 Å². The van der Waals surface area contributed by atoms with Gasteiger partial charge in [-0.1, -0.05) is 20.8 Å². The van der Waals surface area contributed by atoms with E-state index >= 15 is 0 Å². The average molecular weight is 345 g/mol. The van der Waals surface area contributed by atoms with Gasteiger partial charge in [0, 0.05) is 31.3 Å². The van der Waals surface area contributed by atoms with Gasteiger partial charge in [0.25, 0.3) is 0 Å². The van der Waals surface area contributed by atoms with E-state index in [2.05, 4.69) is 31.1 Å². The molecule has 1 aromatic carbocycles. The Hall–Kier alpha value is -2.08. The van der Waals surface area contributed by atoms with Crippen molar-refractivity contribution < 1.29 is 14.3 Å². The molecule has 2 amide bonds. The number of fused-ring (bicyclic) bond motifs is 1. The van der Waals surface area contributed by atoms with E-state index in [1.165, 1.54) is 0 Å². The Morgan fingerprint density at radius 1 is 1.40 bits per heavy atom. The number of aliphatic hydroxyl groups is 1. The maximum Gasteiger partial charge on any atom is 0.321 e. The van der Waals surface area contributed by atoms with E-state index in [-0.39, 0.29) is 18.1 Å². The minimum atomic E-state index is -0.159. The van der Waals surface area contributed by atoms with Crippen LogP contribution in [-0.2, 0) is 0 Å². The van der Waals surface area contributed by atoms with Gasteiger partial charge in [0.1, 0.15) is 5.52 Å². The molecule has 2 aromatic rings. The molecule has 0 aliphatic heterocycles. The summed E-state index contributed by atoms with van der Waals surface area (Å²) in [4.78, 5) is 18.9. The molecule has 2 N–H and O–H groups in total. The monoisotopic (exact) mass is 345 g/mol. The molecule has 0 saturated heterocycles. The molecule has 136 valence electrons. The molecule has 3 rings (SSSR count). The van der Waals surface area contributed by atoms with Gasteiger partial charge < -0.3 is 19.7 Å². The SMILES string of the molecule is CC(C)(C)CN(CCCO)C(=O)Nc1ccc2oc(C3CC3)nc2c1. The van der Waals surface area contributed by atoms with Gasteiger partial charge in [-0.15, -0.1) is 0 Å². The second-order valence-electron chi connectivity index (χ2n) is 8.00. The summed E-state index contributed by atoms with van der Waals surface area (Å²) in [5, 5.41) is 12.0. The van der Waals surface area contributed by atoms with Crippen molar-refractivity contribution in [3.8, 4) is 0 Å². The van der Waals surface area contributed by atoms with Crippen LogP contribution in [0.3, 0.4) is 0 Å². The fraction of sp³-hybridized carbons (Fsp3) is 0.579. The Bertz CT molecular complexity index is 744. The molecule has 1 heterocycles. The van der Waals surface area contributed by atoms with Crippen molar-refractivity contribution in [3.63, 3.8) is 0 Å². The summed E-state index contributed by atoms with van der Waals surface area (Å²) in [6, 6.07) is 5.38. The van der Waals surface area contributed by atoms with Gasteiger partial charge in [-0.3, -0.25) is 0 Å². The quantitative estimate of drug-likeness (QED) is 0.830. The number of nitrogens with zero attached hydrogens (tertiary/aromatic N) is 2. The normalized spacial score (nSPS) is 14.7. The first-order valence-corrected chi connectivity index (χ1v) is 8.93. The molecule has 6 nitrogen and oxygen atoms in total. The first kappa shape index (κ1) is 17.7. The summed E-state index contributed by atoms with van der Waals surface area (Å²) in [7, 11) is 0. The number of rotatable bonds is 6. The summed E-state index contributed by atoms with van der Waals surface area (Å²) >= 11 is 0. The van der Waals surface area contributed by atoms with Crippen molar-refractivity contribution in [1.82, 2.24) is 9.88 Å². The average Bonchev–Trinajstić information content (AvgIpc) is 3.30. The van der Waals surface area contributed by atoms with E-state index in [0.29, 0.717) is 31.1 Å². The van der Waals surface area contributed by atoms with Gasteiger partial charge in [-0.05, 0) is 42.9 Å². The maximum absolute atomic E-state index is 12.6. The van der Waals surface area contributed by atoms with Crippen LogP contribution in [0.5, 0.6) is 0 Å². The molecule has 1 fully saturated rings. The lowest BCUT2D eigenvalue weighted by molar-refractivity contribution is 0.176. The number of hydrogen-bond acceptors (Lipinski definition) is 4. The molecular formula is C19H27N3O3. The van der Waals surface area contributed by atoms with Crippen LogP contribution < -0.4 is 5.32 Å². The number of carbonyl (C=O) groups is 1. The van der Waals surface area contributed by atoms with Crippen LogP contribution in [0.15, 0.2) is 22.6 Å². The Morgan fingerprint density at radius 2 is 2.16 bits per heavy atom. The fourth-order valence-electron chi connectivity index (χ4n) is 2.82. The lowest BCUT2D eigenvalue weighted by Gasteiger charge is -2.30. The Kier molecular flexibility index (Phi) is 4.99. The van der Waals surface area contributed by atoms with E-state index in [1.54, 1.807) is 4.90 Å². The van der Waals surface area contributed by atoms with Crippen LogP contribution in [0.1, 0.15) is 51.8 Å². The van der Waals surface area contributed by atoms with Crippen molar-refractivity contribution in [2.75, 3.05) is 25.0 Å². The first-order chi connectivity index (χ1) is 11.9. The van der Waals surface area contributed by atoms with E-state index in [1.807, 2.05) is 18.2 Å². The van der Waals surface area contributed by atoms with Crippen LogP contribution in [-0.4, -0.2) is 40.7 Å². The summed E-state index contributed by atoms with van der Waals surface area (Å²) in [5.74, 6) is 1.27. The number of carbonyl (C=O) groups excluding carboxylic acids is 1. The third-order valence-electron chi connectivity index (χ3n) is 4.12. The second-order valence-corrected chi connectivity index (χ2v) is 8.00. The van der Waals surface area contributed by atoms with Crippen LogP contribution in [0.25, 0.3) is 11.1 Å². The lowest BCUT2D eigenvalue weighted by Crippen LogP contribution is -2.41. The van der Waals surface area contributed by atoms with Crippen molar-refractivity contribution in [1.29, 1.82) is 0 Å². The molecule has 0 unspecified atom stereocenters. The Morgan fingerprint density at radius 3 is 2.80 bits per heavy atom. The highest BCUT2D eigenvalue weighted by Gasteiger charge is 2.29. The molecule has 1 aromatic heterocycles. The molecule has 6 heteroatoms. The summed E-state index contributed by atoms with van der Waals surface area (Å²) in [5.41, 5.74) is 2.22. The van der Waals surface area contributed by atoms with E-state index < -0.39 is 0 Å². The topological polar surface area (TPSA) is 78.6 Å². The number of nitrogens with one attached hydrogen (secondary N) is 1. The largest absolute Gasteiger partial charge is 0.440 e. The number of urea groups is 1. The van der Waals surface area contributed by atoms with Crippen molar-refractivity contribution in [2.24, 2.45) is 5.41 Å². The standard InChI is InChI=1S/C19H27N3O3/c1-19(2,3)12-22(9-4-10-23)18(24)20-14-7-8-16-15(11-14)21-17(25-16)13-5-6-13/h7-8,11,13,23H,4-6,9-10,12H2,1-3H3,(H,20,24). The number of hydrogen-bond donors (Lipinski definition) is 2.